The third kappa shape index (κ3) is 2.86. The Kier molecular flexibility index (Phi) is 3.51. The molecule has 0 aromatic carbocycles. The van der Waals surface area contributed by atoms with E-state index in [1.165, 1.54) is 5.56 Å². The molecule has 1 aliphatic heterocycles. The molecule has 1 fully saturated rings. The van der Waals surface area contributed by atoms with Crippen molar-refractivity contribution in [1.82, 2.24) is 14.7 Å². The number of aromatic nitrogens is 2. The van der Waals surface area contributed by atoms with E-state index in [1.807, 2.05) is 24.1 Å². The van der Waals surface area contributed by atoms with Gasteiger partial charge in [0.1, 0.15) is 0 Å². The molecule has 2 unspecified atom stereocenters. The Balaban J connectivity index is 1.91. The lowest BCUT2D eigenvalue weighted by molar-refractivity contribution is 0.128. The second-order valence-electron chi connectivity index (χ2n) is 5.47. The average Bonchev–Trinajstić information content (AvgIpc) is 2.75. The van der Waals surface area contributed by atoms with Gasteiger partial charge in [0, 0.05) is 43.4 Å². The van der Waals surface area contributed by atoms with Gasteiger partial charge >= 0.3 is 0 Å². The second-order valence-corrected chi connectivity index (χ2v) is 5.47. The molecule has 2 rings (SSSR count). The molecule has 0 spiro atoms. The van der Waals surface area contributed by atoms with Gasteiger partial charge in [-0.15, -0.1) is 0 Å². The van der Waals surface area contributed by atoms with E-state index in [0.717, 1.165) is 19.7 Å². The smallest absolute Gasteiger partial charge is 0.0624 e. The van der Waals surface area contributed by atoms with E-state index in [9.17, 15) is 0 Å². The second kappa shape index (κ2) is 4.76. The summed E-state index contributed by atoms with van der Waals surface area (Å²) >= 11 is 0. The maximum Gasteiger partial charge on any atom is 0.0624 e. The minimum absolute atomic E-state index is 0.0664. The molecule has 0 bridgehead atoms. The lowest BCUT2D eigenvalue weighted by atomic mass is 9.85. The fourth-order valence-corrected chi connectivity index (χ4v) is 2.43. The summed E-state index contributed by atoms with van der Waals surface area (Å²) in [4.78, 5) is 2.28. The molecule has 5 heteroatoms. The van der Waals surface area contributed by atoms with Crippen LogP contribution in [0.5, 0.6) is 0 Å². The summed E-state index contributed by atoms with van der Waals surface area (Å²) in [6.07, 6.45) is 3.95. The van der Waals surface area contributed by atoms with Crippen LogP contribution in [0.15, 0.2) is 12.4 Å². The van der Waals surface area contributed by atoms with Crippen molar-refractivity contribution in [3.05, 3.63) is 18.0 Å². The number of aryl methyl sites for hydroxylation is 1. The summed E-state index contributed by atoms with van der Waals surface area (Å²) in [5.74, 6) is 0. The van der Waals surface area contributed by atoms with Crippen molar-refractivity contribution in [3.63, 3.8) is 0 Å². The van der Waals surface area contributed by atoms with Crippen LogP contribution in [0.1, 0.15) is 12.5 Å². The minimum Gasteiger partial charge on any atom is -0.379 e. The van der Waals surface area contributed by atoms with Crippen LogP contribution in [0.2, 0.25) is 0 Å². The molecule has 0 radical (unpaired) electrons. The Morgan fingerprint density at radius 1 is 1.71 bits per heavy atom. The quantitative estimate of drug-likeness (QED) is 0.815. The third-order valence-corrected chi connectivity index (χ3v) is 3.47. The zero-order valence-corrected chi connectivity index (χ0v) is 10.9. The van der Waals surface area contributed by atoms with Crippen LogP contribution in [0.3, 0.4) is 0 Å². The maximum atomic E-state index is 6.09. The van der Waals surface area contributed by atoms with Crippen LogP contribution in [-0.2, 0) is 18.3 Å². The predicted molar refractivity (Wildman–Crippen MR) is 66.4 cm³/mol. The molecular weight excluding hydrogens is 216 g/mol. The number of nitrogens with two attached hydrogens (primary N) is 1. The van der Waals surface area contributed by atoms with Crippen LogP contribution in [0.4, 0.5) is 0 Å². The van der Waals surface area contributed by atoms with Gasteiger partial charge in [-0.3, -0.25) is 4.68 Å². The molecule has 5 nitrogen and oxygen atoms in total. The van der Waals surface area contributed by atoms with Crippen LogP contribution < -0.4 is 5.73 Å². The van der Waals surface area contributed by atoms with Gasteiger partial charge in [-0.2, -0.15) is 5.10 Å². The normalized spacial score (nSPS) is 29.1. The van der Waals surface area contributed by atoms with Crippen molar-refractivity contribution in [2.24, 2.45) is 18.2 Å². The largest absolute Gasteiger partial charge is 0.379 e. The molecule has 96 valence electrons. The van der Waals surface area contributed by atoms with E-state index in [0.29, 0.717) is 6.61 Å². The Bertz CT molecular complexity index is 378. The molecule has 0 aliphatic carbocycles. The first-order valence-corrected chi connectivity index (χ1v) is 5.99. The van der Waals surface area contributed by atoms with E-state index < -0.39 is 0 Å². The zero-order chi connectivity index (χ0) is 12.5. The summed E-state index contributed by atoms with van der Waals surface area (Å²) in [5.41, 5.74) is 7.39. The summed E-state index contributed by atoms with van der Waals surface area (Å²) in [5, 5.41) is 4.17. The lowest BCUT2D eigenvalue weighted by Crippen LogP contribution is -2.45. The number of nitrogens with zero attached hydrogens (tertiary/aromatic N) is 3. The standard InChI is InChI=1S/C12H22N4O/c1-12(9-17-7-11(12)13)8-15(2)5-10-4-14-16(3)6-10/h4,6,11H,5,7-9,13H2,1-3H3. The van der Waals surface area contributed by atoms with Gasteiger partial charge in [-0.1, -0.05) is 6.92 Å². The molecule has 0 saturated carbocycles. The average molecular weight is 238 g/mol. The molecule has 0 amide bonds. The van der Waals surface area contributed by atoms with E-state index in [4.69, 9.17) is 10.5 Å². The molecule has 1 aromatic rings. The highest BCUT2D eigenvalue weighted by Crippen LogP contribution is 2.28. The summed E-state index contributed by atoms with van der Waals surface area (Å²) < 4.78 is 7.29. The molecule has 1 aromatic heterocycles. The van der Waals surface area contributed by atoms with Gasteiger partial charge < -0.3 is 15.4 Å². The van der Waals surface area contributed by atoms with Crippen LogP contribution in [-0.4, -0.2) is 47.5 Å². The van der Waals surface area contributed by atoms with Crippen molar-refractivity contribution in [2.45, 2.75) is 19.5 Å². The SMILES string of the molecule is CN(Cc1cnn(C)c1)CC1(C)COCC1N. The third-order valence-electron chi connectivity index (χ3n) is 3.47. The van der Waals surface area contributed by atoms with E-state index in [1.54, 1.807) is 0 Å². The molecule has 2 N–H and O–H groups in total. The zero-order valence-electron chi connectivity index (χ0n) is 10.9. The van der Waals surface area contributed by atoms with Gasteiger partial charge in [-0.25, -0.2) is 0 Å². The van der Waals surface area contributed by atoms with E-state index >= 15 is 0 Å². The van der Waals surface area contributed by atoms with Crippen molar-refractivity contribution < 1.29 is 4.74 Å². The first kappa shape index (κ1) is 12.5. The summed E-state index contributed by atoms with van der Waals surface area (Å²) in [6, 6.07) is 0.138. The molecule has 2 atom stereocenters. The fourth-order valence-electron chi connectivity index (χ4n) is 2.43. The summed E-state index contributed by atoms with van der Waals surface area (Å²) in [6.45, 7) is 5.48. The van der Waals surface area contributed by atoms with Gasteiger partial charge in [0.05, 0.1) is 19.4 Å². The Morgan fingerprint density at radius 3 is 3.00 bits per heavy atom. The van der Waals surface area contributed by atoms with Crippen molar-refractivity contribution in [3.8, 4) is 0 Å². The molecule has 17 heavy (non-hydrogen) atoms. The van der Waals surface area contributed by atoms with Gasteiger partial charge in [0.2, 0.25) is 0 Å². The molecule has 2 heterocycles. The van der Waals surface area contributed by atoms with Gasteiger partial charge in [-0.05, 0) is 7.05 Å². The van der Waals surface area contributed by atoms with Crippen molar-refractivity contribution >= 4 is 0 Å². The van der Waals surface area contributed by atoms with Gasteiger partial charge in [0.25, 0.3) is 0 Å². The van der Waals surface area contributed by atoms with Gasteiger partial charge in [0.15, 0.2) is 0 Å². The highest BCUT2D eigenvalue weighted by Gasteiger charge is 2.38. The summed E-state index contributed by atoms with van der Waals surface area (Å²) in [7, 11) is 4.05. The molecule has 1 saturated heterocycles. The first-order chi connectivity index (χ1) is 7.99. The number of ether oxygens (including phenoxy) is 1. The van der Waals surface area contributed by atoms with Crippen LogP contribution >= 0.6 is 0 Å². The predicted octanol–water partition coefficient (Wildman–Crippen LogP) is 0.216. The number of rotatable bonds is 4. The highest BCUT2D eigenvalue weighted by atomic mass is 16.5. The van der Waals surface area contributed by atoms with Crippen molar-refractivity contribution in [2.75, 3.05) is 26.8 Å². The first-order valence-electron chi connectivity index (χ1n) is 5.99. The minimum atomic E-state index is 0.0664. The number of hydrogen-bond acceptors (Lipinski definition) is 4. The van der Waals surface area contributed by atoms with Crippen molar-refractivity contribution in [1.29, 1.82) is 0 Å². The molecular formula is C12H22N4O. The monoisotopic (exact) mass is 238 g/mol. The van der Waals surface area contributed by atoms with E-state index in [-0.39, 0.29) is 11.5 Å². The Morgan fingerprint density at radius 2 is 2.47 bits per heavy atom. The maximum absolute atomic E-state index is 6.09. The topological polar surface area (TPSA) is 56.3 Å². The molecule has 1 aliphatic rings. The number of hydrogen-bond donors (Lipinski definition) is 1. The highest BCUT2D eigenvalue weighted by molar-refractivity contribution is 5.03. The van der Waals surface area contributed by atoms with Crippen LogP contribution in [0.25, 0.3) is 0 Å². The van der Waals surface area contributed by atoms with E-state index in [2.05, 4.69) is 24.0 Å². The Hall–Kier alpha value is -0.910. The Labute approximate surface area is 103 Å². The lowest BCUT2D eigenvalue weighted by Gasteiger charge is -2.31. The van der Waals surface area contributed by atoms with Crippen LogP contribution in [0, 0.1) is 5.41 Å². The fraction of sp³-hybridized carbons (Fsp3) is 0.750.